The van der Waals surface area contributed by atoms with Crippen LogP contribution in [0.3, 0.4) is 0 Å². The topological polar surface area (TPSA) is 101 Å². The second-order valence-electron chi connectivity index (χ2n) is 9.79. The van der Waals surface area contributed by atoms with Crippen LogP contribution in [-0.4, -0.2) is 23.1 Å². The number of thiophene rings is 1. The van der Waals surface area contributed by atoms with Crippen LogP contribution in [0.4, 0.5) is 5.00 Å². The fourth-order valence-electron chi connectivity index (χ4n) is 5.04. The van der Waals surface area contributed by atoms with Gasteiger partial charge in [-0.05, 0) is 54.7 Å². The zero-order valence-corrected chi connectivity index (χ0v) is 22.3. The smallest absolute Gasteiger partial charge is 0.356 e. The maximum atomic E-state index is 13.4. The Morgan fingerprint density at radius 1 is 1.16 bits per heavy atom. The van der Waals surface area contributed by atoms with E-state index in [4.69, 9.17) is 4.74 Å². The van der Waals surface area contributed by atoms with Crippen LogP contribution in [-0.2, 0) is 29.4 Å². The zero-order valence-electron chi connectivity index (χ0n) is 21.5. The lowest BCUT2D eigenvalue weighted by molar-refractivity contribution is -0.119. The summed E-state index contributed by atoms with van der Waals surface area (Å²) in [5.74, 6) is -0.779. The third-order valence-corrected chi connectivity index (χ3v) is 8.22. The number of esters is 1. The highest BCUT2D eigenvalue weighted by molar-refractivity contribution is 7.16. The molecule has 0 bridgehead atoms. The Hall–Kier alpha value is -4.22. The van der Waals surface area contributed by atoms with Crippen molar-refractivity contribution in [3.63, 3.8) is 0 Å². The van der Waals surface area contributed by atoms with Gasteiger partial charge in [-0.1, -0.05) is 55.0 Å². The SMILES string of the molecule is Cc1ccc(-c2c(C(=O)OCC(=O)Nc3sc4c(c3C#N)CCC(C)C4)n(C)c(=O)c3ccccc23)cc1. The number of aromatic nitrogens is 1. The molecule has 0 fully saturated rings. The van der Waals surface area contributed by atoms with E-state index in [1.165, 1.54) is 23.0 Å². The van der Waals surface area contributed by atoms with Crippen LogP contribution >= 0.6 is 11.3 Å². The molecule has 5 rings (SSSR count). The van der Waals surface area contributed by atoms with Crippen molar-refractivity contribution in [3.8, 4) is 17.2 Å². The van der Waals surface area contributed by atoms with Crippen molar-refractivity contribution in [1.29, 1.82) is 5.26 Å². The summed E-state index contributed by atoms with van der Waals surface area (Å²) in [5.41, 5.74) is 3.64. The second-order valence-corrected chi connectivity index (χ2v) is 10.9. The molecule has 1 atom stereocenters. The Morgan fingerprint density at radius 2 is 1.87 bits per heavy atom. The van der Waals surface area contributed by atoms with Crippen LogP contribution in [0.15, 0.2) is 53.3 Å². The second kappa shape index (κ2) is 10.3. The number of benzene rings is 2. The molecule has 0 radical (unpaired) electrons. The number of aryl methyl sites for hydroxylation is 1. The lowest BCUT2D eigenvalue weighted by Gasteiger charge is -2.17. The van der Waals surface area contributed by atoms with E-state index in [0.717, 1.165) is 40.8 Å². The van der Waals surface area contributed by atoms with Gasteiger partial charge in [-0.25, -0.2) is 4.79 Å². The molecule has 0 aliphatic heterocycles. The third kappa shape index (κ3) is 4.61. The molecule has 2 aromatic heterocycles. The number of nitrogens with one attached hydrogen (secondary N) is 1. The first kappa shape index (κ1) is 25.4. The summed E-state index contributed by atoms with van der Waals surface area (Å²) in [6, 6.07) is 17.0. The average Bonchev–Trinajstić information content (AvgIpc) is 3.25. The average molecular weight is 526 g/mol. The number of nitriles is 1. The molecule has 2 heterocycles. The Morgan fingerprint density at radius 3 is 2.58 bits per heavy atom. The standard InChI is InChI=1S/C30H27N3O4S/c1-17-8-11-19(12-9-17)26-21-6-4-5-7-22(21)29(35)33(3)27(26)30(36)37-16-25(34)32-28-23(15-31)20-13-10-18(2)14-24(20)38-28/h4-9,11-12,18H,10,13-14,16H2,1-3H3,(H,32,34). The van der Waals surface area contributed by atoms with E-state index < -0.39 is 18.5 Å². The van der Waals surface area contributed by atoms with Crippen molar-refractivity contribution in [2.45, 2.75) is 33.1 Å². The van der Waals surface area contributed by atoms with Crippen LogP contribution in [0.25, 0.3) is 21.9 Å². The largest absolute Gasteiger partial charge is 0.451 e. The molecule has 1 unspecified atom stereocenters. The van der Waals surface area contributed by atoms with Gasteiger partial charge in [0.05, 0.1) is 5.56 Å². The maximum absolute atomic E-state index is 13.4. The quantitative estimate of drug-likeness (QED) is 0.353. The van der Waals surface area contributed by atoms with Crippen molar-refractivity contribution in [2.75, 3.05) is 11.9 Å². The number of amides is 1. The molecule has 38 heavy (non-hydrogen) atoms. The molecule has 4 aromatic rings. The van der Waals surface area contributed by atoms with E-state index in [-0.39, 0.29) is 11.3 Å². The van der Waals surface area contributed by atoms with E-state index in [9.17, 15) is 19.6 Å². The molecule has 0 saturated carbocycles. The van der Waals surface area contributed by atoms with E-state index in [0.29, 0.717) is 32.8 Å². The predicted octanol–water partition coefficient (Wildman–Crippen LogP) is 5.37. The molecular weight excluding hydrogens is 498 g/mol. The lowest BCUT2D eigenvalue weighted by atomic mass is 9.89. The van der Waals surface area contributed by atoms with Gasteiger partial charge >= 0.3 is 5.97 Å². The number of pyridine rings is 1. The van der Waals surface area contributed by atoms with E-state index >= 15 is 0 Å². The highest BCUT2D eigenvalue weighted by Crippen LogP contribution is 2.39. The Labute approximate surface area is 224 Å². The van der Waals surface area contributed by atoms with Crippen molar-refractivity contribution in [1.82, 2.24) is 4.57 Å². The minimum atomic E-state index is -0.777. The van der Waals surface area contributed by atoms with Crippen molar-refractivity contribution in [3.05, 3.63) is 86.1 Å². The van der Waals surface area contributed by atoms with Gasteiger partial charge in [0.2, 0.25) is 0 Å². The van der Waals surface area contributed by atoms with Gasteiger partial charge in [-0.3, -0.25) is 9.59 Å². The summed E-state index contributed by atoms with van der Waals surface area (Å²) in [4.78, 5) is 40.4. The van der Waals surface area contributed by atoms with Crippen molar-refractivity contribution < 1.29 is 14.3 Å². The fourth-order valence-corrected chi connectivity index (χ4v) is 6.41. The number of fused-ring (bicyclic) bond motifs is 2. The van der Waals surface area contributed by atoms with Crippen LogP contribution in [0, 0.1) is 24.2 Å². The summed E-state index contributed by atoms with van der Waals surface area (Å²) in [5, 5.41) is 14.1. The van der Waals surface area contributed by atoms with E-state index in [1.807, 2.05) is 37.3 Å². The van der Waals surface area contributed by atoms with Crippen molar-refractivity contribution >= 4 is 39.0 Å². The first-order valence-electron chi connectivity index (χ1n) is 12.5. The van der Waals surface area contributed by atoms with E-state index in [2.05, 4.69) is 18.3 Å². The normalized spacial score (nSPS) is 14.5. The molecule has 2 aromatic carbocycles. The minimum Gasteiger partial charge on any atom is -0.451 e. The van der Waals surface area contributed by atoms with Gasteiger partial charge in [0.15, 0.2) is 6.61 Å². The van der Waals surface area contributed by atoms with Crippen molar-refractivity contribution in [2.24, 2.45) is 13.0 Å². The molecule has 8 heteroatoms. The van der Waals surface area contributed by atoms with Gasteiger partial charge in [-0.2, -0.15) is 5.26 Å². The monoisotopic (exact) mass is 525 g/mol. The molecule has 1 amide bonds. The Balaban J connectivity index is 1.44. The Bertz CT molecular complexity index is 1680. The lowest BCUT2D eigenvalue weighted by Crippen LogP contribution is -2.28. The zero-order chi connectivity index (χ0) is 27.0. The van der Waals surface area contributed by atoms with Crippen LogP contribution in [0.1, 0.15) is 45.4 Å². The third-order valence-electron chi connectivity index (χ3n) is 7.05. The summed E-state index contributed by atoms with van der Waals surface area (Å²) < 4.78 is 6.71. The number of carbonyl (C=O) groups is 2. The van der Waals surface area contributed by atoms with Gasteiger partial charge in [0.25, 0.3) is 11.5 Å². The predicted molar refractivity (Wildman–Crippen MR) is 148 cm³/mol. The first-order chi connectivity index (χ1) is 18.3. The molecule has 192 valence electrons. The summed E-state index contributed by atoms with van der Waals surface area (Å²) in [7, 11) is 1.53. The number of anilines is 1. The molecular formula is C30H27N3O4S. The molecule has 0 spiro atoms. The van der Waals surface area contributed by atoms with E-state index in [1.54, 1.807) is 18.2 Å². The van der Waals surface area contributed by atoms with Gasteiger partial charge in [-0.15, -0.1) is 11.3 Å². The van der Waals surface area contributed by atoms with Gasteiger partial charge < -0.3 is 14.6 Å². The van der Waals surface area contributed by atoms with Crippen LogP contribution < -0.4 is 10.9 Å². The van der Waals surface area contributed by atoms with Crippen LogP contribution in [0.2, 0.25) is 0 Å². The minimum absolute atomic E-state index is 0.0728. The number of hydrogen-bond acceptors (Lipinski definition) is 6. The fraction of sp³-hybridized carbons (Fsp3) is 0.267. The van der Waals surface area contributed by atoms with Crippen LogP contribution in [0.5, 0.6) is 0 Å². The molecule has 1 N–H and O–H groups in total. The summed E-state index contributed by atoms with van der Waals surface area (Å²) >= 11 is 1.42. The first-order valence-corrected chi connectivity index (χ1v) is 13.3. The van der Waals surface area contributed by atoms with Gasteiger partial charge in [0, 0.05) is 22.9 Å². The molecule has 7 nitrogen and oxygen atoms in total. The highest BCUT2D eigenvalue weighted by Gasteiger charge is 2.26. The van der Waals surface area contributed by atoms with Gasteiger partial charge in [0.1, 0.15) is 16.8 Å². The number of hydrogen-bond donors (Lipinski definition) is 1. The number of ether oxygens (including phenoxy) is 1. The highest BCUT2D eigenvalue weighted by atomic mass is 32.1. The molecule has 0 saturated heterocycles. The summed E-state index contributed by atoms with van der Waals surface area (Å²) in [6.45, 7) is 3.60. The molecule has 1 aliphatic carbocycles. The number of nitrogens with zero attached hydrogens (tertiary/aromatic N) is 2. The molecule has 1 aliphatic rings. The maximum Gasteiger partial charge on any atom is 0.356 e. The number of rotatable bonds is 5. The summed E-state index contributed by atoms with van der Waals surface area (Å²) in [6.07, 6.45) is 2.72. The Kier molecular flexibility index (Phi) is 6.87. The number of carbonyl (C=O) groups excluding carboxylic acids is 2.